The van der Waals surface area contributed by atoms with Gasteiger partial charge in [-0.25, -0.2) is 0 Å². The fraction of sp³-hybridized carbons (Fsp3) is 0.200. The number of rotatable bonds is 4. The van der Waals surface area contributed by atoms with Crippen LogP contribution in [-0.4, -0.2) is 12.8 Å². The first-order valence-electron chi connectivity index (χ1n) is 5.79. The number of nitrogens with zero attached hydrogens (tertiary/aromatic N) is 1. The highest BCUT2D eigenvalue weighted by Crippen LogP contribution is 2.22. The molecule has 1 aromatic carbocycles. The molecule has 0 bridgehead atoms. The second-order valence-electron chi connectivity index (χ2n) is 4.07. The monoisotopic (exact) mass is 226 g/mol. The Labute approximate surface area is 102 Å². The number of allylic oxidation sites excluding steroid dienone is 3. The number of carbonyl (C=O) groups excluding carboxylic acids is 1. The smallest absolute Gasteiger partial charge is 0.139 e. The van der Waals surface area contributed by atoms with E-state index in [1.807, 2.05) is 29.2 Å². The molecule has 2 nitrogen and oxygen atoms in total. The maximum Gasteiger partial charge on any atom is 0.139 e. The molecule has 1 aromatic rings. The third kappa shape index (κ3) is 2.84. The van der Waals surface area contributed by atoms with Gasteiger partial charge in [0.25, 0.3) is 0 Å². The molecule has 0 unspecified atom stereocenters. The van der Waals surface area contributed by atoms with E-state index < -0.39 is 0 Å². The zero-order valence-corrected chi connectivity index (χ0v) is 9.97. The average molecular weight is 226 g/mol. The summed E-state index contributed by atoms with van der Waals surface area (Å²) in [5.74, 6) is 0. The van der Waals surface area contributed by atoms with Gasteiger partial charge in [0.05, 0.1) is 6.54 Å². The van der Waals surface area contributed by atoms with Crippen LogP contribution in [0.3, 0.4) is 0 Å². The van der Waals surface area contributed by atoms with Crippen molar-refractivity contribution < 1.29 is 4.79 Å². The van der Waals surface area contributed by atoms with Gasteiger partial charge in [0.2, 0.25) is 0 Å². The Morgan fingerprint density at radius 3 is 2.65 bits per heavy atom. The Balaban J connectivity index is 2.28. The summed E-state index contributed by atoms with van der Waals surface area (Å²) in [6.45, 7) is 2.45. The highest BCUT2D eigenvalue weighted by molar-refractivity contribution is 5.66. The third-order valence-electron chi connectivity index (χ3n) is 2.78. The SMILES string of the molecule is Cc1ccc(N(CC=O)C2=CC[CH]C=C2)cc1. The summed E-state index contributed by atoms with van der Waals surface area (Å²) in [6, 6.07) is 8.22. The van der Waals surface area contributed by atoms with Crippen LogP contribution in [0, 0.1) is 13.3 Å². The van der Waals surface area contributed by atoms with Crippen LogP contribution >= 0.6 is 0 Å². The Bertz CT molecular complexity index is 442. The topological polar surface area (TPSA) is 20.3 Å². The molecule has 1 aliphatic rings. The van der Waals surface area contributed by atoms with Gasteiger partial charge in [-0.2, -0.15) is 0 Å². The standard InChI is InChI=1S/C15H16NO/c1-13-7-9-15(10-8-13)16(11-12-17)14-5-3-2-4-6-14/h2-3,5-10,12H,4,11H2,1H3. The molecule has 0 aromatic heterocycles. The molecule has 0 spiro atoms. The van der Waals surface area contributed by atoms with Crippen LogP contribution < -0.4 is 4.90 Å². The lowest BCUT2D eigenvalue weighted by Gasteiger charge is -2.25. The fourth-order valence-electron chi connectivity index (χ4n) is 1.86. The maximum absolute atomic E-state index is 10.8. The molecule has 2 rings (SSSR count). The number of anilines is 1. The number of aldehydes is 1. The van der Waals surface area contributed by atoms with Crippen molar-refractivity contribution in [2.75, 3.05) is 11.4 Å². The second-order valence-corrected chi connectivity index (χ2v) is 4.07. The van der Waals surface area contributed by atoms with Crippen molar-refractivity contribution in [1.29, 1.82) is 0 Å². The highest BCUT2D eigenvalue weighted by atomic mass is 16.1. The molecule has 1 radical (unpaired) electrons. The normalized spacial score (nSPS) is 14.3. The fourth-order valence-corrected chi connectivity index (χ4v) is 1.86. The molecule has 0 saturated heterocycles. The van der Waals surface area contributed by atoms with E-state index in [0.717, 1.165) is 24.1 Å². The van der Waals surface area contributed by atoms with Gasteiger partial charge >= 0.3 is 0 Å². The van der Waals surface area contributed by atoms with Crippen molar-refractivity contribution in [3.63, 3.8) is 0 Å². The van der Waals surface area contributed by atoms with Crippen LogP contribution in [0.5, 0.6) is 0 Å². The van der Waals surface area contributed by atoms with E-state index in [4.69, 9.17) is 0 Å². The molecule has 87 valence electrons. The summed E-state index contributed by atoms with van der Waals surface area (Å²) in [7, 11) is 0. The molecular formula is C15H16NO. The van der Waals surface area contributed by atoms with E-state index in [1.54, 1.807) is 0 Å². The molecular weight excluding hydrogens is 210 g/mol. The Kier molecular flexibility index (Phi) is 3.76. The van der Waals surface area contributed by atoms with Crippen molar-refractivity contribution >= 4 is 12.0 Å². The minimum atomic E-state index is 0.388. The summed E-state index contributed by atoms with van der Waals surface area (Å²) >= 11 is 0. The van der Waals surface area contributed by atoms with Gasteiger partial charge in [0.1, 0.15) is 6.29 Å². The molecule has 0 N–H and O–H groups in total. The van der Waals surface area contributed by atoms with Crippen molar-refractivity contribution in [3.8, 4) is 0 Å². The lowest BCUT2D eigenvalue weighted by atomic mass is 10.1. The van der Waals surface area contributed by atoms with Gasteiger partial charge in [0.15, 0.2) is 0 Å². The molecule has 2 heteroatoms. The Morgan fingerprint density at radius 1 is 1.29 bits per heavy atom. The van der Waals surface area contributed by atoms with Crippen molar-refractivity contribution in [2.24, 2.45) is 0 Å². The predicted octanol–water partition coefficient (Wildman–Crippen LogP) is 3.05. The minimum absolute atomic E-state index is 0.388. The van der Waals surface area contributed by atoms with E-state index in [2.05, 4.69) is 31.6 Å². The van der Waals surface area contributed by atoms with Crippen LogP contribution in [0.15, 0.2) is 48.2 Å². The number of hydrogen-bond acceptors (Lipinski definition) is 2. The summed E-state index contributed by atoms with van der Waals surface area (Å²) < 4.78 is 0. The lowest BCUT2D eigenvalue weighted by molar-refractivity contribution is -0.106. The molecule has 0 atom stereocenters. The van der Waals surface area contributed by atoms with Gasteiger partial charge in [-0.15, -0.1) is 0 Å². The van der Waals surface area contributed by atoms with E-state index in [9.17, 15) is 4.79 Å². The van der Waals surface area contributed by atoms with Crippen LogP contribution in [0.2, 0.25) is 0 Å². The zero-order chi connectivity index (χ0) is 12.1. The molecule has 0 amide bonds. The minimum Gasteiger partial charge on any atom is -0.335 e. The van der Waals surface area contributed by atoms with Crippen molar-refractivity contribution in [1.82, 2.24) is 0 Å². The molecule has 17 heavy (non-hydrogen) atoms. The van der Waals surface area contributed by atoms with E-state index in [1.165, 1.54) is 5.56 Å². The average Bonchev–Trinajstić information content (AvgIpc) is 2.38. The van der Waals surface area contributed by atoms with E-state index >= 15 is 0 Å². The number of hydrogen-bond donors (Lipinski definition) is 0. The van der Waals surface area contributed by atoms with Gasteiger partial charge in [-0.3, -0.25) is 0 Å². The van der Waals surface area contributed by atoms with Crippen molar-refractivity contribution in [2.45, 2.75) is 13.3 Å². The summed E-state index contributed by atoms with van der Waals surface area (Å²) in [6.07, 6.45) is 10.1. The summed E-state index contributed by atoms with van der Waals surface area (Å²) in [5, 5.41) is 0. The maximum atomic E-state index is 10.8. The largest absolute Gasteiger partial charge is 0.335 e. The Morgan fingerprint density at radius 2 is 2.06 bits per heavy atom. The lowest BCUT2D eigenvalue weighted by Crippen LogP contribution is -2.24. The van der Waals surface area contributed by atoms with Crippen LogP contribution in [-0.2, 0) is 4.79 Å². The van der Waals surface area contributed by atoms with Gasteiger partial charge in [-0.1, -0.05) is 29.8 Å². The summed E-state index contributed by atoms with van der Waals surface area (Å²) in [4.78, 5) is 12.8. The van der Waals surface area contributed by atoms with Crippen LogP contribution in [0.25, 0.3) is 0 Å². The first-order valence-corrected chi connectivity index (χ1v) is 5.79. The summed E-state index contributed by atoms with van der Waals surface area (Å²) in [5.41, 5.74) is 3.37. The number of benzene rings is 1. The number of carbonyl (C=O) groups is 1. The van der Waals surface area contributed by atoms with Gasteiger partial charge < -0.3 is 9.69 Å². The van der Waals surface area contributed by atoms with E-state index in [0.29, 0.717) is 6.54 Å². The first-order chi connectivity index (χ1) is 8.31. The van der Waals surface area contributed by atoms with Crippen molar-refractivity contribution in [3.05, 3.63) is 60.2 Å². The Hall–Kier alpha value is -1.83. The molecule has 0 heterocycles. The van der Waals surface area contributed by atoms with Crippen LogP contribution in [0.1, 0.15) is 12.0 Å². The van der Waals surface area contributed by atoms with Gasteiger partial charge in [-0.05, 0) is 38.0 Å². The first kappa shape index (κ1) is 11.6. The van der Waals surface area contributed by atoms with E-state index in [-0.39, 0.29) is 0 Å². The predicted molar refractivity (Wildman–Crippen MR) is 70.7 cm³/mol. The number of aryl methyl sites for hydroxylation is 1. The highest BCUT2D eigenvalue weighted by Gasteiger charge is 2.10. The molecule has 0 fully saturated rings. The zero-order valence-electron chi connectivity index (χ0n) is 9.97. The molecule has 1 aliphatic carbocycles. The second kappa shape index (κ2) is 5.48. The van der Waals surface area contributed by atoms with Crippen LogP contribution in [0.4, 0.5) is 5.69 Å². The molecule has 0 saturated carbocycles. The molecule has 0 aliphatic heterocycles. The van der Waals surface area contributed by atoms with Gasteiger partial charge in [0, 0.05) is 11.4 Å². The third-order valence-corrected chi connectivity index (χ3v) is 2.78. The quantitative estimate of drug-likeness (QED) is 0.735.